The molecule has 0 bridgehead atoms. The molecule has 0 unspecified atom stereocenters. The van der Waals surface area contributed by atoms with Crippen molar-refractivity contribution in [3.8, 4) is 0 Å². The third kappa shape index (κ3) is 3.20. The van der Waals surface area contributed by atoms with Gasteiger partial charge in [-0.3, -0.25) is 4.79 Å². The van der Waals surface area contributed by atoms with Crippen LogP contribution in [0.15, 0.2) is 54.6 Å². The summed E-state index contributed by atoms with van der Waals surface area (Å²) in [7, 11) is 0. The smallest absolute Gasteiger partial charge is 0.255 e. The monoisotopic (exact) mass is 255 g/mol. The van der Waals surface area contributed by atoms with Gasteiger partial charge in [0.05, 0.1) is 0 Å². The number of aliphatic hydroxyl groups is 1. The molecule has 1 amide bonds. The summed E-state index contributed by atoms with van der Waals surface area (Å²) in [5.74, 6) is -0.148. The Hall–Kier alpha value is -2.13. The Morgan fingerprint density at radius 2 is 1.74 bits per heavy atom. The SMILES string of the molecule is C[C@@H](CO)c1ccccc1NC(=O)c1ccccc1. The maximum Gasteiger partial charge on any atom is 0.255 e. The van der Waals surface area contributed by atoms with Gasteiger partial charge in [0.1, 0.15) is 0 Å². The minimum atomic E-state index is -0.141. The lowest BCUT2D eigenvalue weighted by Gasteiger charge is -2.15. The molecule has 0 aromatic heterocycles. The molecule has 3 nitrogen and oxygen atoms in total. The zero-order chi connectivity index (χ0) is 13.7. The molecule has 1 atom stereocenters. The van der Waals surface area contributed by atoms with E-state index >= 15 is 0 Å². The Bertz CT molecular complexity index is 552. The lowest BCUT2D eigenvalue weighted by atomic mass is 10.00. The van der Waals surface area contributed by atoms with Crippen molar-refractivity contribution in [2.75, 3.05) is 11.9 Å². The fraction of sp³-hybridized carbons (Fsp3) is 0.188. The number of hydrogen-bond donors (Lipinski definition) is 2. The number of amides is 1. The van der Waals surface area contributed by atoms with Gasteiger partial charge in [-0.2, -0.15) is 0 Å². The highest BCUT2D eigenvalue weighted by atomic mass is 16.3. The van der Waals surface area contributed by atoms with E-state index in [2.05, 4.69) is 5.32 Å². The van der Waals surface area contributed by atoms with Crippen LogP contribution < -0.4 is 5.32 Å². The molecule has 19 heavy (non-hydrogen) atoms. The van der Waals surface area contributed by atoms with E-state index in [1.165, 1.54) is 0 Å². The van der Waals surface area contributed by atoms with Crippen molar-refractivity contribution in [1.29, 1.82) is 0 Å². The van der Waals surface area contributed by atoms with E-state index in [0.29, 0.717) is 5.56 Å². The highest BCUT2D eigenvalue weighted by molar-refractivity contribution is 6.04. The minimum Gasteiger partial charge on any atom is -0.396 e. The van der Waals surface area contributed by atoms with Gasteiger partial charge in [-0.1, -0.05) is 43.3 Å². The first-order valence-electron chi connectivity index (χ1n) is 6.28. The summed E-state index contributed by atoms with van der Waals surface area (Å²) in [6.45, 7) is 1.98. The quantitative estimate of drug-likeness (QED) is 0.882. The second kappa shape index (κ2) is 6.16. The normalized spacial score (nSPS) is 11.9. The molecule has 0 radical (unpaired) electrons. The van der Waals surface area contributed by atoms with Gasteiger partial charge in [-0.15, -0.1) is 0 Å². The van der Waals surface area contributed by atoms with Crippen LogP contribution in [0.2, 0.25) is 0 Å². The summed E-state index contributed by atoms with van der Waals surface area (Å²) < 4.78 is 0. The van der Waals surface area contributed by atoms with Gasteiger partial charge in [0.2, 0.25) is 0 Å². The Kier molecular flexibility index (Phi) is 4.31. The summed E-state index contributed by atoms with van der Waals surface area (Å²) >= 11 is 0. The van der Waals surface area contributed by atoms with Crippen molar-refractivity contribution < 1.29 is 9.90 Å². The molecule has 0 spiro atoms. The molecule has 2 aromatic carbocycles. The number of anilines is 1. The Labute approximate surface area is 112 Å². The standard InChI is InChI=1S/C16H17NO2/c1-12(11-18)14-9-5-6-10-15(14)17-16(19)13-7-3-2-4-8-13/h2-10,12,18H,11H2,1H3,(H,17,19)/t12-/m0/s1. The Morgan fingerprint density at radius 3 is 2.42 bits per heavy atom. The molecular formula is C16H17NO2. The number of carbonyl (C=O) groups is 1. The molecule has 98 valence electrons. The summed E-state index contributed by atoms with van der Waals surface area (Å²) in [5, 5.41) is 12.1. The lowest BCUT2D eigenvalue weighted by Crippen LogP contribution is -2.14. The van der Waals surface area contributed by atoms with Gasteiger partial charge < -0.3 is 10.4 Å². The third-order valence-electron chi connectivity index (χ3n) is 3.05. The van der Waals surface area contributed by atoms with E-state index in [-0.39, 0.29) is 18.4 Å². The lowest BCUT2D eigenvalue weighted by molar-refractivity contribution is 0.102. The van der Waals surface area contributed by atoms with Gasteiger partial charge in [-0.25, -0.2) is 0 Å². The van der Waals surface area contributed by atoms with Crippen LogP contribution >= 0.6 is 0 Å². The highest BCUT2D eigenvalue weighted by Crippen LogP contribution is 2.24. The maximum atomic E-state index is 12.1. The van der Waals surface area contributed by atoms with Gasteiger partial charge in [0, 0.05) is 23.8 Å². The molecule has 0 aliphatic heterocycles. The predicted molar refractivity (Wildman–Crippen MR) is 76.3 cm³/mol. The fourth-order valence-corrected chi connectivity index (χ4v) is 1.92. The van der Waals surface area contributed by atoms with E-state index < -0.39 is 0 Å². The van der Waals surface area contributed by atoms with Gasteiger partial charge in [0.25, 0.3) is 5.91 Å². The van der Waals surface area contributed by atoms with Crippen LogP contribution in [0.5, 0.6) is 0 Å². The number of rotatable bonds is 4. The first-order chi connectivity index (χ1) is 9.22. The largest absolute Gasteiger partial charge is 0.396 e. The molecule has 2 rings (SSSR count). The van der Waals surface area contributed by atoms with E-state index in [1.807, 2.05) is 49.4 Å². The van der Waals surface area contributed by atoms with Crippen molar-refractivity contribution >= 4 is 11.6 Å². The summed E-state index contributed by atoms with van der Waals surface area (Å²) in [4.78, 5) is 12.1. The number of aliphatic hydroxyl groups excluding tert-OH is 1. The van der Waals surface area contributed by atoms with E-state index in [0.717, 1.165) is 11.3 Å². The third-order valence-corrected chi connectivity index (χ3v) is 3.05. The number of hydrogen-bond acceptors (Lipinski definition) is 2. The van der Waals surface area contributed by atoms with Crippen molar-refractivity contribution in [3.05, 3.63) is 65.7 Å². The van der Waals surface area contributed by atoms with Crippen LogP contribution in [0.25, 0.3) is 0 Å². The van der Waals surface area contributed by atoms with E-state index in [1.54, 1.807) is 12.1 Å². The molecule has 3 heteroatoms. The molecule has 0 aliphatic rings. The second-order valence-corrected chi connectivity index (χ2v) is 4.49. The van der Waals surface area contributed by atoms with Gasteiger partial charge in [0.15, 0.2) is 0 Å². The number of carbonyl (C=O) groups excluding carboxylic acids is 1. The van der Waals surface area contributed by atoms with E-state index in [9.17, 15) is 9.90 Å². The molecule has 0 saturated heterocycles. The van der Waals surface area contributed by atoms with Crippen LogP contribution in [0.1, 0.15) is 28.8 Å². The molecule has 2 aromatic rings. The van der Waals surface area contributed by atoms with Gasteiger partial charge >= 0.3 is 0 Å². The van der Waals surface area contributed by atoms with Crippen LogP contribution in [0.4, 0.5) is 5.69 Å². The molecular weight excluding hydrogens is 238 g/mol. The summed E-state index contributed by atoms with van der Waals surface area (Å²) in [6, 6.07) is 16.6. The molecule has 0 saturated carbocycles. The van der Waals surface area contributed by atoms with Crippen molar-refractivity contribution in [3.63, 3.8) is 0 Å². The molecule has 2 N–H and O–H groups in total. The fourth-order valence-electron chi connectivity index (χ4n) is 1.92. The van der Waals surface area contributed by atoms with Crippen LogP contribution in [0, 0.1) is 0 Å². The average molecular weight is 255 g/mol. The summed E-state index contributed by atoms with van der Waals surface area (Å²) in [6.07, 6.45) is 0. The topological polar surface area (TPSA) is 49.3 Å². The number of nitrogens with one attached hydrogen (secondary N) is 1. The first-order valence-corrected chi connectivity index (χ1v) is 6.28. The zero-order valence-electron chi connectivity index (χ0n) is 10.8. The Morgan fingerprint density at radius 1 is 1.11 bits per heavy atom. The van der Waals surface area contributed by atoms with Crippen molar-refractivity contribution in [1.82, 2.24) is 0 Å². The zero-order valence-corrected chi connectivity index (χ0v) is 10.8. The number of benzene rings is 2. The van der Waals surface area contributed by atoms with Crippen LogP contribution in [0.3, 0.4) is 0 Å². The molecule has 0 fully saturated rings. The van der Waals surface area contributed by atoms with Gasteiger partial charge in [-0.05, 0) is 23.8 Å². The molecule has 0 heterocycles. The highest BCUT2D eigenvalue weighted by Gasteiger charge is 2.12. The van der Waals surface area contributed by atoms with Crippen LogP contribution in [-0.2, 0) is 0 Å². The summed E-state index contributed by atoms with van der Waals surface area (Å²) in [5.41, 5.74) is 2.31. The first kappa shape index (κ1) is 13.3. The maximum absolute atomic E-state index is 12.1. The van der Waals surface area contributed by atoms with E-state index in [4.69, 9.17) is 0 Å². The second-order valence-electron chi connectivity index (χ2n) is 4.49. The predicted octanol–water partition coefficient (Wildman–Crippen LogP) is 3.03. The number of para-hydroxylation sites is 1. The molecule has 0 aliphatic carbocycles. The van der Waals surface area contributed by atoms with Crippen molar-refractivity contribution in [2.24, 2.45) is 0 Å². The Balaban J connectivity index is 2.22. The van der Waals surface area contributed by atoms with Crippen LogP contribution in [-0.4, -0.2) is 17.6 Å². The minimum absolute atomic E-state index is 0.00715. The average Bonchev–Trinajstić information content (AvgIpc) is 2.48. The van der Waals surface area contributed by atoms with Crippen molar-refractivity contribution in [2.45, 2.75) is 12.8 Å².